The van der Waals surface area contributed by atoms with Crippen molar-refractivity contribution in [1.29, 1.82) is 0 Å². The van der Waals surface area contributed by atoms with Crippen molar-refractivity contribution in [1.82, 2.24) is 5.43 Å². The molecule has 3 N–H and O–H groups in total. The fourth-order valence-corrected chi connectivity index (χ4v) is 2.35. The third-order valence-corrected chi connectivity index (χ3v) is 3.66. The van der Waals surface area contributed by atoms with E-state index in [1.165, 1.54) is 6.07 Å². The summed E-state index contributed by atoms with van der Waals surface area (Å²) >= 11 is 6.11. The summed E-state index contributed by atoms with van der Waals surface area (Å²) in [6, 6.07) is 10.1. The highest BCUT2D eigenvalue weighted by molar-refractivity contribution is 6.31. The molecule has 0 heterocycles. The van der Waals surface area contributed by atoms with Gasteiger partial charge in [0.25, 0.3) is 0 Å². The average molecular weight is 279 g/mol. The van der Waals surface area contributed by atoms with Gasteiger partial charge in [-0.05, 0) is 37.1 Å². The number of nitrogens with two attached hydrogens (primary N) is 1. The van der Waals surface area contributed by atoms with Crippen molar-refractivity contribution in [3.63, 3.8) is 0 Å². The molecule has 0 saturated carbocycles. The van der Waals surface area contributed by atoms with Gasteiger partial charge in [0.1, 0.15) is 5.82 Å². The monoisotopic (exact) mass is 278 g/mol. The van der Waals surface area contributed by atoms with Crippen molar-refractivity contribution in [2.45, 2.75) is 19.9 Å². The Labute approximate surface area is 117 Å². The molecule has 2 rings (SSSR count). The molecule has 0 spiro atoms. The van der Waals surface area contributed by atoms with Crippen molar-refractivity contribution in [2.24, 2.45) is 5.84 Å². The fourth-order valence-electron chi connectivity index (χ4n) is 2.17. The third kappa shape index (κ3) is 2.78. The van der Waals surface area contributed by atoms with Gasteiger partial charge in [0.15, 0.2) is 0 Å². The number of hydrogen-bond acceptors (Lipinski definition) is 2. The predicted octanol–water partition coefficient (Wildman–Crippen LogP) is 3.65. The first kappa shape index (κ1) is 14.0. The highest BCUT2D eigenvalue weighted by atomic mass is 35.5. The molecule has 100 valence electrons. The van der Waals surface area contributed by atoms with Gasteiger partial charge in [-0.3, -0.25) is 5.84 Å². The molecule has 0 fully saturated rings. The molecule has 1 atom stereocenters. The van der Waals surface area contributed by atoms with E-state index in [2.05, 4.69) is 5.43 Å². The minimum Gasteiger partial charge on any atom is -0.271 e. The van der Waals surface area contributed by atoms with E-state index < -0.39 is 6.04 Å². The SMILES string of the molecule is Cc1ccc(F)c(C(NN)c2cccc(Cl)c2C)c1. The van der Waals surface area contributed by atoms with E-state index in [1.54, 1.807) is 18.2 Å². The van der Waals surface area contributed by atoms with Gasteiger partial charge in [0, 0.05) is 10.6 Å². The Kier molecular flexibility index (Phi) is 4.20. The van der Waals surface area contributed by atoms with Crippen molar-refractivity contribution >= 4 is 11.6 Å². The van der Waals surface area contributed by atoms with Crippen LogP contribution < -0.4 is 11.3 Å². The first-order chi connectivity index (χ1) is 9.04. The summed E-state index contributed by atoms with van der Waals surface area (Å²) in [4.78, 5) is 0. The van der Waals surface area contributed by atoms with Crippen molar-refractivity contribution < 1.29 is 4.39 Å². The Morgan fingerprint density at radius 3 is 2.58 bits per heavy atom. The smallest absolute Gasteiger partial charge is 0.128 e. The molecule has 0 radical (unpaired) electrons. The van der Waals surface area contributed by atoms with Gasteiger partial charge in [-0.15, -0.1) is 0 Å². The number of hydrogen-bond donors (Lipinski definition) is 2. The van der Waals surface area contributed by atoms with E-state index in [9.17, 15) is 4.39 Å². The van der Waals surface area contributed by atoms with Gasteiger partial charge >= 0.3 is 0 Å². The van der Waals surface area contributed by atoms with Crippen LogP contribution in [0.25, 0.3) is 0 Å². The maximum atomic E-state index is 14.0. The van der Waals surface area contributed by atoms with Crippen molar-refractivity contribution in [3.8, 4) is 0 Å². The molecule has 19 heavy (non-hydrogen) atoms. The second-order valence-electron chi connectivity index (χ2n) is 4.58. The molecule has 2 aromatic rings. The Morgan fingerprint density at radius 1 is 1.16 bits per heavy atom. The first-order valence-corrected chi connectivity index (χ1v) is 6.39. The summed E-state index contributed by atoms with van der Waals surface area (Å²) in [6.07, 6.45) is 0. The Bertz CT molecular complexity index is 597. The Balaban J connectivity index is 2.56. The van der Waals surface area contributed by atoms with E-state index in [0.717, 1.165) is 16.7 Å². The molecule has 2 nitrogen and oxygen atoms in total. The number of rotatable bonds is 3. The lowest BCUT2D eigenvalue weighted by Gasteiger charge is -2.20. The second-order valence-corrected chi connectivity index (χ2v) is 4.99. The minimum atomic E-state index is -0.418. The molecule has 0 aliphatic heterocycles. The van der Waals surface area contributed by atoms with Crippen LogP contribution in [-0.4, -0.2) is 0 Å². The molecule has 4 heteroatoms. The van der Waals surface area contributed by atoms with E-state index in [1.807, 2.05) is 26.0 Å². The van der Waals surface area contributed by atoms with Crippen LogP contribution in [0.3, 0.4) is 0 Å². The van der Waals surface area contributed by atoms with Crippen molar-refractivity contribution in [3.05, 3.63) is 69.5 Å². The number of nitrogens with one attached hydrogen (secondary N) is 1. The standard InChI is InChI=1S/C15H16ClFN2/c1-9-6-7-14(17)12(8-9)15(19-18)11-4-3-5-13(16)10(11)2/h3-8,15,19H,18H2,1-2H3. The topological polar surface area (TPSA) is 38.0 Å². The summed E-state index contributed by atoms with van der Waals surface area (Å²) in [7, 11) is 0. The molecule has 0 aromatic heterocycles. The minimum absolute atomic E-state index is 0.284. The normalized spacial score (nSPS) is 12.5. The lowest BCUT2D eigenvalue weighted by atomic mass is 9.94. The number of benzene rings is 2. The third-order valence-electron chi connectivity index (χ3n) is 3.25. The molecule has 0 saturated heterocycles. The fraction of sp³-hybridized carbons (Fsp3) is 0.200. The summed E-state index contributed by atoms with van der Waals surface area (Å²) < 4.78 is 14.0. The maximum Gasteiger partial charge on any atom is 0.128 e. The Morgan fingerprint density at radius 2 is 1.89 bits per heavy atom. The van der Waals surface area contributed by atoms with E-state index >= 15 is 0 Å². The van der Waals surface area contributed by atoms with E-state index in [0.29, 0.717) is 10.6 Å². The summed E-state index contributed by atoms with van der Waals surface area (Å²) in [5.41, 5.74) is 5.95. The molecule has 0 amide bonds. The van der Waals surface area contributed by atoms with Crippen LogP contribution in [0.15, 0.2) is 36.4 Å². The molecule has 2 aromatic carbocycles. The zero-order valence-corrected chi connectivity index (χ0v) is 11.6. The first-order valence-electron chi connectivity index (χ1n) is 6.01. The van der Waals surface area contributed by atoms with Gasteiger partial charge in [-0.2, -0.15) is 0 Å². The maximum absolute atomic E-state index is 14.0. The Hall–Kier alpha value is -1.42. The van der Waals surface area contributed by atoms with Gasteiger partial charge in [0.2, 0.25) is 0 Å². The highest BCUT2D eigenvalue weighted by Crippen LogP contribution is 2.30. The molecule has 0 bridgehead atoms. The highest BCUT2D eigenvalue weighted by Gasteiger charge is 2.19. The molecule has 0 aliphatic rings. The van der Waals surface area contributed by atoms with Gasteiger partial charge in [0.05, 0.1) is 6.04 Å². The summed E-state index contributed by atoms with van der Waals surface area (Å²) in [5.74, 6) is 5.33. The summed E-state index contributed by atoms with van der Waals surface area (Å²) in [5, 5.41) is 0.644. The average Bonchev–Trinajstić information content (AvgIpc) is 2.39. The number of hydrazine groups is 1. The number of halogens is 2. The lowest BCUT2D eigenvalue weighted by Crippen LogP contribution is -2.30. The lowest BCUT2D eigenvalue weighted by molar-refractivity contribution is 0.558. The predicted molar refractivity (Wildman–Crippen MR) is 76.5 cm³/mol. The molecular formula is C15H16ClFN2. The van der Waals surface area contributed by atoms with Gasteiger partial charge in [-0.1, -0.05) is 41.4 Å². The van der Waals surface area contributed by atoms with Crippen molar-refractivity contribution in [2.75, 3.05) is 0 Å². The van der Waals surface area contributed by atoms with Crippen LogP contribution in [-0.2, 0) is 0 Å². The summed E-state index contributed by atoms with van der Waals surface area (Å²) in [6.45, 7) is 3.82. The van der Waals surface area contributed by atoms with Gasteiger partial charge < -0.3 is 0 Å². The van der Waals surface area contributed by atoms with Crippen LogP contribution in [0, 0.1) is 19.7 Å². The molecule has 0 aliphatic carbocycles. The van der Waals surface area contributed by atoms with Crippen LogP contribution >= 0.6 is 11.6 Å². The molecular weight excluding hydrogens is 263 g/mol. The molecule has 1 unspecified atom stereocenters. The zero-order chi connectivity index (χ0) is 14.0. The number of aryl methyl sites for hydroxylation is 1. The van der Waals surface area contributed by atoms with Crippen LogP contribution in [0.1, 0.15) is 28.3 Å². The van der Waals surface area contributed by atoms with Gasteiger partial charge in [-0.25, -0.2) is 9.82 Å². The van der Waals surface area contributed by atoms with E-state index in [-0.39, 0.29) is 5.82 Å². The quantitative estimate of drug-likeness (QED) is 0.664. The largest absolute Gasteiger partial charge is 0.271 e. The second kappa shape index (κ2) is 5.70. The van der Waals surface area contributed by atoms with E-state index in [4.69, 9.17) is 17.4 Å². The van der Waals surface area contributed by atoms with Crippen LogP contribution in [0.4, 0.5) is 4.39 Å². The van der Waals surface area contributed by atoms with Crippen LogP contribution in [0.2, 0.25) is 5.02 Å². The van der Waals surface area contributed by atoms with Crippen LogP contribution in [0.5, 0.6) is 0 Å². The zero-order valence-electron chi connectivity index (χ0n) is 10.9.